The van der Waals surface area contributed by atoms with Crippen molar-refractivity contribution in [3.05, 3.63) is 33.0 Å². The molecule has 0 saturated carbocycles. The number of nitrogens with one attached hydrogen (secondary N) is 1. The van der Waals surface area contributed by atoms with Gasteiger partial charge in [-0.15, -0.1) is 0 Å². The molecule has 0 fully saturated rings. The zero-order valence-corrected chi connectivity index (χ0v) is 11.8. The molecule has 0 saturated heterocycles. The number of halogens is 3. The fraction of sp³-hybridized carbons (Fsp3) is 0.500. The molecule has 0 aliphatic rings. The predicted molar refractivity (Wildman–Crippen MR) is 70.6 cm³/mol. The van der Waals surface area contributed by atoms with Crippen LogP contribution in [0.4, 0.5) is 4.39 Å². The molecule has 0 aliphatic carbocycles. The van der Waals surface area contributed by atoms with Crippen LogP contribution >= 0.6 is 27.5 Å². The Morgan fingerprint density at radius 2 is 2.19 bits per heavy atom. The van der Waals surface area contributed by atoms with Crippen molar-refractivity contribution in [3.8, 4) is 0 Å². The summed E-state index contributed by atoms with van der Waals surface area (Å²) in [5.74, 6) is -0.306. The maximum Gasteiger partial charge on any atom is 0.146 e. The fourth-order valence-corrected chi connectivity index (χ4v) is 2.07. The van der Waals surface area contributed by atoms with Crippen LogP contribution in [0, 0.1) is 5.82 Å². The molecule has 1 atom stereocenters. The molecule has 1 aromatic rings. The van der Waals surface area contributed by atoms with E-state index in [0.29, 0.717) is 22.5 Å². The summed E-state index contributed by atoms with van der Waals surface area (Å²) in [5.41, 5.74) is 0.679. The van der Waals surface area contributed by atoms with Gasteiger partial charge in [0.2, 0.25) is 0 Å². The van der Waals surface area contributed by atoms with Gasteiger partial charge in [0.25, 0.3) is 0 Å². The number of aryl methyl sites for hydroxylation is 1. The van der Waals surface area contributed by atoms with E-state index in [1.54, 1.807) is 12.1 Å². The second-order valence-electron chi connectivity index (χ2n) is 3.83. The summed E-state index contributed by atoms with van der Waals surface area (Å²) >= 11 is 9.02. The van der Waals surface area contributed by atoms with E-state index < -0.39 is 0 Å². The lowest BCUT2D eigenvalue weighted by molar-refractivity contribution is 0.520. The molecule has 16 heavy (non-hydrogen) atoms. The molecule has 90 valence electrons. The maximum atomic E-state index is 13.7. The Morgan fingerprint density at radius 3 is 2.81 bits per heavy atom. The highest BCUT2D eigenvalue weighted by atomic mass is 79.9. The molecule has 1 aromatic carbocycles. The highest BCUT2D eigenvalue weighted by molar-refractivity contribution is 9.10. The lowest BCUT2D eigenvalue weighted by Crippen LogP contribution is -2.26. The molecule has 0 aromatic heterocycles. The van der Waals surface area contributed by atoms with Crippen LogP contribution in [-0.2, 0) is 6.42 Å². The molecule has 0 spiro atoms. The third-order valence-corrected chi connectivity index (χ3v) is 3.77. The monoisotopic (exact) mass is 307 g/mol. The molecule has 0 aliphatic heterocycles. The summed E-state index contributed by atoms with van der Waals surface area (Å²) in [6, 6.07) is 3.97. The van der Waals surface area contributed by atoms with Crippen LogP contribution in [0.5, 0.6) is 0 Å². The Bertz CT molecular complexity index is 357. The van der Waals surface area contributed by atoms with Crippen molar-refractivity contribution < 1.29 is 4.39 Å². The Hall–Kier alpha value is -0.120. The molecule has 1 N–H and O–H groups in total. The molecular formula is C12H16BrClFN. The van der Waals surface area contributed by atoms with E-state index in [2.05, 4.69) is 35.1 Å². The minimum absolute atomic E-state index is 0.175. The van der Waals surface area contributed by atoms with Gasteiger partial charge in [-0.3, -0.25) is 0 Å². The Kier molecular flexibility index (Phi) is 5.73. The van der Waals surface area contributed by atoms with Gasteiger partial charge in [-0.2, -0.15) is 0 Å². The van der Waals surface area contributed by atoms with Crippen molar-refractivity contribution in [2.75, 3.05) is 6.54 Å². The lowest BCUT2D eigenvalue weighted by atomic mass is 10.1. The number of rotatable bonds is 5. The quantitative estimate of drug-likeness (QED) is 0.805. The van der Waals surface area contributed by atoms with Gasteiger partial charge in [0.1, 0.15) is 5.82 Å². The van der Waals surface area contributed by atoms with Crippen molar-refractivity contribution in [1.82, 2.24) is 5.32 Å². The molecule has 0 heterocycles. The van der Waals surface area contributed by atoms with Crippen LogP contribution in [-0.4, -0.2) is 12.6 Å². The van der Waals surface area contributed by atoms with E-state index in [1.807, 2.05) is 0 Å². The van der Waals surface area contributed by atoms with E-state index in [1.165, 1.54) is 0 Å². The highest BCUT2D eigenvalue weighted by Crippen LogP contribution is 2.28. The maximum absolute atomic E-state index is 13.7. The van der Waals surface area contributed by atoms with Gasteiger partial charge >= 0.3 is 0 Å². The van der Waals surface area contributed by atoms with Gasteiger partial charge < -0.3 is 5.32 Å². The molecule has 0 bridgehead atoms. The Balaban J connectivity index is 2.64. The van der Waals surface area contributed by atoms with E-state index in [4.69, 9.17) is 11.6 Å². The molecule has 0 radical (unpaired) electrons. The Morgan fingerprint density at radius 1 is 1.50 bits per heavy atom. The van der Waals surface area contributed by atoms with E-state index >= 15 is 0 Å². The summed E-state index contributed by atoms with van der Waals surface area (Å²) < 4.78 is 14.3. The summed E-state index contributed by atoms with van der Waals surface area (Å²) in [6.45, 7) is 5.10. The normalized spacial score (nSPS) is 12.8. The topological polar surface area (TPSA) is 12.0 Å². The van der Waals surface area contributed by atoms with Gasteiger partial charge in [0.15, 0.2) is 0 Å². The van der Waals surface area contributed by atoms with Crippen LogP contribution < -0.4 is 5.32 Å². The molecule has 0 amide bonds. The average Bonchev–Trinajstić information content (AvgIpc) is 2.25. The van der Waals surface area contributed by atoms with Crippen LogP contribution in [0.1, 0.15) is 25.8 Å². The van der Waals surface area contributed by atoms with Crippen molar-refractivity contribution in [3.63, 3.8) is 0 Å². The average molecular weight is 309 g/mol. The van der Waals surface area contributed by atoms with Crippen LogP contribution in [0.3, 0.4) is 0 Å². The van der Waals surface area contributed by atoms with Gasteiger partial charge in [0.05, 0.1) is 5.02 Å². The van der Waals surface area contributed by atoms with Crippen LogP contribution in [0.2, 0.25) is 5.02 Å². The minimum atomic E-state index is -0.306. The van der Waals surface area contributed by atoms with Crippen molar-refractivity contribution in [1.29, 1.82) is 0 Å². The van der Waals surface area contributed by atoms with Gasteiger partial charge in [-0.05, 0) is 53.9 Å². The number of hydrogen-bond donors (Lipinski definition) is 1. The van der Waals surface area contributed by atoms with Gasteiger partial charge in [-0.1, -0.05) is 24.6 Å². The van der Waals surface area contributed by atoms with Crippen LogP contribution in [0.25, 0.3) is 0 Å². The summed E-state index contributed by atoms with van der Waals surface area (Å²) in [6.07, 6.45) is 1.61. The lowest BCUT2D eigenvalue weighted by Gasteiger charge is -2.12. The standard InChI is InChI=1S/C12H16BrClFN/c1-3-16-8(2)4-5-9-6-7-10(13)11(14)12(9)15/h6-8,16H,3-5H2,1-2H3. The largest absolute Gasteiger partial charge is 0.315 e. The second kappa shape index (κ2) is 6.58. The van der Waals surface area contributed by atoms with Crippen molar-refractivity contribution in [2.45, 2.75) is 32.7 Å². The third-order valence-electron chi connectivity index (χ3n) is 2.51. The second-order valence-corrected chi connectivity index (χ2v) is 5.06. The summed E-state index contributed by atoms with van der Waals surface area (Å²) in [4.78, 5) is 0. The first kappa shape index (κ1) is 13.9. The van der Waals surface area contributed by atoms with E-state index in [0.717, 1.165) is 13.0 Å². The highest BCUT2D eigenvalue weighted by Gasteiger charge is 2.10. The summed E-state index contributed by atoms with van der Waals surface area (Å²) in [7, 11) is 0. The minimum Gasteiger partial charge on any atom is -0.315 e. The van der Waals surface area contributed by atoms with E-state index in [9.17, 15) is 4.39 Å². The SMILES string of the molecule is CCNC(C)CCc1ccc(Br)c(Cl)c1F. The van der Waals surface area contributed by atoms with E-state index in [-0.39, 0.29) is 10.8 Å². The molecule has 1 nitrogen and oxygen atoms in total. The molecule has 1 rings (SSSR count). The first-order valence-corrected chi connectivity index (χ1v) is 6.59. The first-order chi connectivity index (χ1) is 7.56. The van der Waals surface area contributed by atoms with Gasteiger partial charge in [-0.25, -0.2) is 4.39 Å². The molecule has 4 heteroatoms. The van der Waals surface area contributed by atoms with Gasteiger partial charge in [0, 0.05) is 10.5 Å². The third kappa shape index (κ3) is 3.72. The summed E-state index contributed by atoms with van der Waals surface area (Å²) in [5, 5.41) is 3.47. The zero-order chi connectivity index (χ0) is 12.1. The predicted octanol–water partition coefficient (Wildman–Crippen LogP) is 4.17. The van der Waals surface area contributed by atoms with Crippen molar-refractivity contribution in [2.24, 2.45) is 0 Å². The fourth-order valence-electron chi connectivity index (χ4n) is 1.58. The Labute approximate surface area is 110 Å². The number of benzene rings is 1. The van der Waals surface area contributed by atoms with Crippen molar-refractivity contribution >= 4 is 27.5 Å². The zero-order valence-electron chi connectivity index (χ0n) is 9.49. The molecule has 1 unspecified atom stereocenters. The van der Waals surface area contributed by atoms with Crippen LogP contribution in [0.15, 0.2) is 16.6 Å². The number of hydrogen-bond acceptors (Lipinski definition) is 1. The first-order valence-electron chi connectivity index (χ1n) is 5.42. The molecular weight excluding hydrogens is 292 g/mol. The smallest absolute Gasteiger partial charge is 0.146 e.